The molecule has 0 atom stereocenters. The Labute approximate surface area is 199 Å². The van der Waals surface area contributed by atoms with Crippen LogP contribution < -0.4 is 0 Å². The zero-order chi connectivity index (χ0) is 23.1. The van der Waals surface area contributed by atoms with E-state index >= 15 is 0 Å². The Kier molecular flexibility index (Phi) is 5.44. The minimum absolute atomic E-state index is 0.193. The number of hydrogen-bond acceptors (Lipinski definition) is 5. The number of methoxy groups -OCH3 is 1. The van der Waals surface area contributed by atoms with Gasteiger partial charge in [0.05, 0.1) is 22.3 Å². The molecule has 0 aliphatic heterocycles. The minimum atomic E-state index is 0.193. The summed E-state index contributed by atoms with van der Waals surface area (Å²) in [6, 6.07) is 14.0. The molecule has 5 aromatic rings. The maximum absolute atomic E-state index is 9.27. The predicted octanol–water partition coefficient (Wildman–Crippen LogP) is 5.80. The monoisotopic (exact) mass is 500 g/mol. The summed E-state index contributed by atoms with van der Waals surface area (Å²) in [5.41, 5.74) is 6.08. The molecule has 0 bridgehead atoms. The molecule has 4 heterocycles. The SMILES string of the molecule is COCn1ccc2cc(-c3ccnc4c3c(C(C)C)nn4-c3ccc(C#N)c(Br)c3)cnc21. The second-order valence-corrected chi connectivity index (χ2v) is 8.98. The highest BCUT2D eigenvalue weighted by Gasteiger charge is 2.20. The van der Waals surface area contributed by atoms with Crippen LogP contribution in [0.15, 0.2) is 59.5 Å². The maximum atomic E-state index is 9.27. The fourth-order valence-electron chi connectivity index (χ4n) is 4.09. The lowest BCUT2D eigenvalue weighted by Crippen LogP contribution is -1.99. The van der Waals surface area contributed by atoms with Crippen LogP contribution in [0.3, 0.4) is 0 Å². The molecule has 1 aromatic carbocycles. The molecule has 0 amide bonds. The Bertz CT molecular complexity index is 1540. The van der Waals surface area contributed by atoms with Gasteiger partial charge in [0.25, 0.3) is 0 Å². The molecule has 8 heteroatoms. The van der Waals surface area contributed by atoms with Gasteiger partial charge in [0.15, 0.2) is 5.65 Å². The van der Waals surface area contributed by atoms with Gasteiger partial charge in [0, 0.05) is 41.1 Å². The third-order valence-electron chi connectivity index (χ3n) is 5.64. The van der Waals surface area contributed by atoms with Gasteiger partial charge in [-0.15, -0.1) is 0 Å². The Morgan fingerprint density at radius 2 is 1.97 bits per heavy atom. The standard InChI is InChI=1S/C25H21BrN6O/c1-15(2)23-22-20(18-10-16-7-9-31(14-33-3)24(16)29-13-18)6-8-28-25(22)32(30-23)19-5-4-17(12-27)21(26)11-19/h4-11,13,15H,14H2,1-3H3. The van der Waals surface area contributed by atoms with Crippen molar-refractivity contribution in [2.45, 2.75) is 26.5 Å². The first-order chi connectivity index (χ1) is 16.0. The lowest BCUT2D eigenvalue weighted by Gasteiger charge is -2.08. The van der Waals surface area contributed by atoms with Gasteiger partial charge in [-0.3, -0.25) is 0 Å². The molecule has 164 valence electrons. The van der Waals surface area contributed by atoms with E-state index in [9.17, 15) is 5.26 Å². The summed E-state index contributed by atoms with van der Waals surface area (Å²) in [7, 11) is 1.67. The first-order valence-corrected chi connectivity index (χ1v) is 11.3. The number of pyridine rings is 2. The van der Waals surface area contributed by atoms with Gasteiger partial charge in [0.1, 0.15) is 18.4 Å². The Morgan fingerprint density at radius 3 is 2.70 bits per heavy atom. The second-order valence-electron chi connectivity index (χ2n) is 8.12. The molecule has 0 aliphatic rings. The lowest BCUT2D eigenvalue weighted by molar-refractivity contribution is 0.134. The van der Waals surface area contributed by atoms with Crippen molar-refractivity contribution in [1.82, 2.24) is 24.3 Å². The number of nitriles is 1. The Morgan fingerprint density at radius 1 is 1.12 bits per heavy atom. The molecule has 0 fully saturated rings. The van der Waals surface area contributed by atoms with E-state index < -0.39 is 0 Å². The van der Waals surface area contributed by atoms with Gasteiger partial charge in [-0.1, -0.05) is 13.8 Å². The Balaban J connectivity index is 1.72. The smallest absolute Gasteiger partial charge is 0.163 e. The fourth-order valence-corrected chi connectivity index (χ4v) is 4.54. The molecule has 0 aliphatic carbocycles. The molecule has 4 aromatic heterocycles. The summed E-state index contributed by atoms with van der Waals surface area (Å²) in [6.45, 7) is 4.72. The van der Waals surface area contributed by atoms with E-state index in [2.05, 4.69) is 46.9 Å². The highest BCUT2D eigenvalue weighted by Crippen LogP contribution is 2.35. The number of halogens is 1. The average Bonchev–Trinajstić information content (AvgIpc) is 3.41. The van der Waals surface area contributed by atoms with E-state index in [-0.39, 0.29) is 5.92 Å². The number of hydrogen-bond donors (Lipinski definition) is 0. The number of nitrogens with zero attached hydrogens (tertiary/aromatic N) is 6. The summed E-state index contributed by atoms with van der Waals surface area (Å²) < 4.78 is 9.81. The van der Waals surface area contributed by atoms with Crippen LogP contribution in [0, 0.1) is 11.3 Å². The van der Waals surface area contributed by atoms with Crippen molar-refractivity contribution in [1.29, 1.82) is 5.26 Å². The van der Waals surface area contributed by atoms with Crippen molar-refractivity contribution in [3.8, 4) is 22.9 Å². The van der Waals surface area contributed by atoms with Crippen molar-refractivity contribution in [3.63, 3.8) is 0 Å². The molecular weight excluding hydrogens is 480 g/mol. The second kappa shape index (κ2) is 8.43. The molecule has 0 saturated heterocycles. The first kappa shape index (κ1) is 21.3. The predicted molar refractivity (Wildman–Crippen MR) is 131 cm³/mol. The average molecular weight is 501 g/mol. The van der Waals surface area contributed by atoms with Crippen molar-refractivity contribution in [2.24, 2.45) is 0 Å². The molecule has 33 heavy (non-hydrogen) atoms. The minimum Gasteiger partial charge on any atom is -0.364 e. The highest BCUT2D eigenvalue weighted by molar-refractivity contribution is 9.10. The van der Waals surface area contributed by atoms with Gasteiger partial charge >= 0.3 is 0 Å². The van der Waals surface area contributed by atoms with Crippen molar-refractivity contribution >= 4 is 38.0 Å². The zero-order valence-corrected chi connectivity index (χ0v) is 20.0. The van der Waals surface area contributed by atoms with Crippen LogP contribution in [0.4, 0.5) is 0 Å². The van der Waals surface area contributed by atoms with Crippen LogP contribution in [0.1, 0.15) is 31.0 Å². The summed E-state index contributed by atoms with van der Waals surface area (Å²) in [6.07, 6.45) is 5.68. The van der Waals surface area contributed by atoms with Crippen LogP contribution in [-0.4, -0.2) is 31.4 Å². The summed E-state index contributed by atoms with van der Waals surface area (Å²) >= 11 is 3.49. The van der Waals surface area contributed by atoms with E-state index in [1.165, 1.54) is 0 Å². The molecule has 5 rings (SSSR count). The number of aromatic nitrogens is 5. The van der Waals surface area contributed by atoms with E-state index in [0.717, 1.165) is 49.0 Å². The molecule has 0 N–H and O–H groups in total. The van der Waals surface area contributed by atoms with Gasteiger partial charge in [-0.05, 0) is 63.8 Å². The molecule has 0 spiro atoms. The zero-order valence-electron chi connectivity index (χ0n) is 18.5. The number of benzene rings is 1. The summed E-state index contributed by atoms with van der Waals surface area (Å²) in [5, 5.41) is 16.3. The van der Waals surface area contributed by atoms with E-state index in [0.29, 0.717) is 12.3 Å². The quantitative estimate of drug-likeness (QED) is 0.304. The third kappa shape index (κ3) is 3.59. The molecular formula is C25H21BrN6O. The van der Waals surface area contributed by atoms with E-state index in [1.807, 2.05) is 45.9 Å². The highest BCUT2D eigenvalue weighted by atomic mass is 79.9. The maximum Gasteiger partial charge on any atom is 0.163 e. The van der Waals surface area contributed by atoms with E-state index in [1.54, 1.807) is 19.4 Å². The fraction of sp³-hybridized carbons (Fsp3) is 0.200. The van der Waals surface area contributed by atoms with Crippen molar-refractivity contribution < 1.29 is 4.74 Å². The van der Waals surface area contributed by atoms with Gasteiger partial charge in [-0.25, -0.2) is 14.6 Å². The number of rotatable bonds is 5. The third-order valence-corrected chi connectivity index (χ3v) is 6.30. The van der Waals surface area contributed by atoms with Gasteiger partial charge in [-0.2, -0.15) is 10.4 Å². The van der Waals surface area contributed by atoms with Crippen LogP contribution in [-0.2, 0) is 11.5 Å². The number of ether oxygens (including phenoxy) is 1. The largest absolute Gasteiger partial charge is 0.364 e. The van der Waals surface area contributed by atoms with E-state index in [4.69, 9.17) is 14.8 Å². The molecule has 0 radical (unpaired) electrons. The van der Waals surface area contributed by atoms with Gasteiger partial charge in [0.2, 0.25) is 0 Å². The molecule has 7 nitrogen and oxygen atoms in total. The summed E-state index contributed by atoms with van der Waals surface area (Å²) in [4.78, 5) is 9.40. The molecule has 0 saturated carbocycles. The topological polar surface area (TPSA) is 81.5 Å². The Hall–Kier alpha value is -3.54. The van der Waals surface area contributed by atoms with Crippen LogP contribution in [0.5, 0.6) is 0 Å². The van der Waals surface area contributed by atoms with Gasteiger partial charge < -0.3 is 9.30 Å². The van der Waals surface area contributed by atoms with Crippen LogP contribution in [0.25, 0.3) is 38.9 Å². The van der Waals surface area contributed by atoms with Crippen molar-refractivity contribution in [2.75, 3.05) is 7.11 Å². The molecule has 0 unspecified atom stereocenters. The first-order valence-electron chi connectivity index (χ1n) is 10.5. The summed E-state index contributed by atoms with van der Waals surface area (Å²) in [5.74, 6) is 0.193. The lowest BCUT2D eigenvalue weighted by atomic mass is 9.99. The van der Waals surface area contributed by atoms with Crippen LogP contribution >= 0.6 is 15.9 Å². The van der Waals surface area contributed by atoms with Crippen molar-refractivity contribution in [3.05, 3.63) is 70.7 Å². The number of fused-ring (bicyclic) bond motifs is 2. The normalized spacial score (nSPS) is 11.5. The van der Waals surface area contributed by atoms with Crippen LogP contribution in [0.2, 0.25) is 0 Å².